The van der Waals surface area contributed by atoms with Gasteiger partial charge in [-0.15, -0.1) is 0 Å². The first-order chi connectivity index (χ1) is 38.5. The van der Waals surface area contributed by atoms with Crippen LogP contribution in [0.5, 0.6) is 0 Å². The van der Waals surface area contributed by atoms with Crippen LogP contribution in [0.15, 0.2) is 24.3 Å². The lowest BCUT2D eigenvalue weighted by Gasteiger charge is -2.18. The maximum atomic E-state index is 12.9. The molecule has 0 aromatic carbocycles. The second-order valence-electron chi connectivity index (χ2n) is 24.1. The van der Waals surface area contributed by atoms with Crippen molar-refractivity contribution in [2.24, 2.45) is 0 Å². The van der Waals surface area contributed by atoms with E-state index in [1.165, 1.54) is 289 Å². The Balaban J connectivity index is 3.97. The first-order valence-corrected chi connectivity index (χ1v) is 35.3. The predicted molar refractivity (Wildman–Crippen MR) is 340 cm³/mol. The first-order valence-electron chi connectivity index (χ1n) is 35.3. The summed E-state index contributed by atoms with van der Waals surface area (Å²) in [6.07, 6.45) is 82.5. The summed E-state index contributed by atoms with van der Waals surface area (Å²) in [7, 11) is 0. The second-order valence-corrected chi connectivity index (χ2v) is 24.1. The van der Waals surface area contributed by atoms with Crippen LogP contribution in [0.25, 0.3) is 0 Å². The van der Waals surface area contributed by atoms with Crippen molar-refractivity contribution in [3.05, 3.63) is 24.3 Å². The van der Waals surface area contributed by atoms with E-state index in [4.69, 9.17) is 14.2 Å². The van der Waals surface area contributed by atoms with Crippen molar-refractivity contribution in [2.75, 3.05) is 13.2 Å². The van der Waals surface area contributed by atoms with Crippen molar-refractivity contribution >= 4 is 17.9 Å². The number of carbonyl (C=O) groups excluding carboxylic acids is 3. The molecular weight excluding hydrogens is 961 g/mol. The summed E-state index contributed by atoms with van der Waals surface area (Å²) in [5, 5.41) is 0. The maximum Gasteiger partial charge on any atom is 0.306 e. The number of hydrogen-bond acceptors (Lipinski definition) is 6. The molecule has 6 heteroatoms. The third-order valence-corrected chi connectivity index (χ3v) is 16.2. The van der Waals surface area contributed by atoms with Crippen LogP contribution in [0.4, 0.5) is 0 Å². The summed E-state index contributed by atoms with van der Waals surface area (Å²) < 4.78 is 16.9. The van der Waals surface area contributed by atoms with Crippen molar-refractivity contribution in [2.45, 2.75) is 406 Å². The highest BCUT2D eigenvalue weighted by Crippen LogP contribution is 2.19. The molecule has 460 valence electrons. The molecule has 0 aliphatic heterocycles. The van der Waals surface area contributed by atoms with Gasteiger partial charge in [-0.3, -0.25) is 14.4 Å². The zero-order valence-electron chi connectivity index (χ0n) is 53.0. The highest BCUT2D eigenvalue weighted by Gasteiger charge is 2.19. The van der Waals surface area contributed by atoms with Crippen molar-refractivity contribution in [3.63, 3.8) is 0 Å². The predicted octanol–water partition coefficient (Wildman–Crippen LogP) is 24.2. The van der Waals surface area contributed by atoms with E-state index >= 15 is 0 Å². The minimum atomic E-state index is -0.776. The van der Waals surface area contributed by atoms with Gasteiger partial charge >= 0.3 is 17.9 Å². The molecule has 0 aromatic rings. The fourth-order valence-corrected chi connectivity index (χ4v) is 10.8. The van der Waals surface area contributed by atoms with E-state index in [0.717, 1.165) is 70.6 Å². The van der Waals surface area contributed by atoms with E-state index in [-0.39, 0.29) is 31.1 Å². The highest BCUT2D eigenvalue weighted by molar-refractivity contribution is 5.71. The van der Waals surface area contributed by atoms with Crippen molar-refractivity contribution < 1.29 is 28.6 Å². The fraction of sp³-hybridized carbons (Fsp3) is 0.903. The standard InChI is InChI=1S/C72H136O6/c1-4-7-10-13-16-19-22-24-26-27-28-29-30-31-32-33-34-35-36-37-38-39-40-41-42-43-44-45-46-48-50-53-56-59-62-65-71(74)77-68-69(67-76-70(73)64-61-58-55-52-49-21-18-15-12-9-6-3)78-72(75)66-63-60-57-54-51-47-25-23-20-17-14-11-8-5-2/h15,18,23,25,69H,4-14,16-17,19-22,24,26-68H2,1-3H3/b18-15-,25-23-. The van der Waals surface area contributed by atoms with Gasteiger partial charge in [0.25, 0.3) is 0 Å². The Morgan fingerprint density at radius 1 is 0.244 bits per heavy atom. The topological polar surface area (TPSA) is 78.9 Å². The van der Waals surface area contributed by atoms with Gasteiger partial charge in [-0.25, -0.2) is 0 Å². The Hall–Kier alpha value is -2.11. The van der Waals surface area contributed by atoms with Gasteiger partial charge in [0.2, 0.25) is 0 Å². The number of unbranched alkanes of at least 4 members (excludes halogenated alkanes) is 51. The van der Waals surface area contributed by atoms with Gasteiger partial charge in [0.1, 0.15) is 13.2 Å². The van der Waals surface area contributed by atoms with Crippen LogP contribution in [0.1, 0.15) is 400 Å². The van der Waals surface area contributed by atoms with E-state index < -0.39 is 6.10 Å². The van der Waals surface area contributed by atoms with E-state index in [0.29, 0.717) is 19.3 Å². The molecule has 0 amide bonds. The van der Waals surface area contributed by atoms with Crippen LogP contribution >= 0.6 is 0 Å². The zero-order valence-corrected chi connectivity index (χ0v) is 53.0. The lowest BCUT2D eigenvalue weighted by molar-refractivity contribution is -0.167. The largest absolute Gasteiger partial charge is 0.462 e. The molecule has 0 saturated heterocycles. The van der Waals surface area contributed by atoms with Gasteiger partial charge in [-0.05, 0) is 64.2 Å². The van der Waals surface area contributed by atoms with E-state index in [1.807, 2.05) is 0 Å². The second kappa shape index (κ2) is 67.4. The minimum Gasteiger partial charge on any atom is -0.462 e. The monoisotopic (exact) mass is 1100 g/mol. The molecule has 1 unspecified atom stereocenters. The molecular formula is C72H136O6. The molecule has 0 aromatic heterocycles. The molecule has 6 nitrogen and oxygen atoms in total. The van der Waals surface area contributed by atoms with Crippen LogP contribution in [0.3, 0.4) is 0 Å². The summed E-state index contributed by atoms with van der Waals surface area (Å²) in [5.41, 5.74) is 0. The van der Waals surface area contributed by atoms with Gasteiger partial charge in [0, 0.05) is 19.3 Å². The molecule has 0 bridgehead atoms. The molecule has 1 atom stereocenters. The molecule has 0 heterocycles. The average Bonchev–Trinajstić information content (AvgIpc) is 3.44. The van der Waals surface area contributed by atoms with E-state index in [9.17, 15) is 14.4 Å². The Morgan fingerprint density at radius 3 is 0.679 bits per heavy atom. The summed E-state index contributed by atoms with van der Waals surface area (Å²) in [4.78, 5) is 38.2. The van der Waals surface area contributed by atoms with Crippen LogP contribution in [-0.4, -0.2) is 37.2 Å². The molecule has 0 radical (unpaired) electrons. The summed E-state index contributed by atoms with van der Waals surface area (Å²) in [5.74, 6) is -0.868. The number of ether oxygens (including phenoxy) is 3. The fourth-order valence-electron chi connectivity index (χ4n) is 10.8. The summed E-state index contributed by atoms with van der Waals surface area (Å²) in [6, 6.07) is 0. The Kier molecular flexibility index (Phi) is 65.6. The number of hydrogen-bond donors (Lipinski definition) is 0. The Labute approximate surface area is 487 Å². The molecule has 0 fully saturated rings. The number of esters is 3. The average molecular weight is 1100 g/mol. The molecule has 0 aliphatic rings. The quantitative estimate of drug-likeness (QED) is 0.0261. The summed E-state index contributed by atoms with van der Waals surface area (Å²) >= 11 is 0. The zero-order chi connectivity index (χ0) is 56.4. The molecule has 0 rings (SSSR count). The highest BCUT2D eigenvalue weighted by atomic mass is 16.6. The lowest BCUT2D eigenvalue weighted by atomic mass is 10.0. The third kappa shape index (κ3) is 64.7. The molecule has 0 aliphatic carbocycles. The smallest absolute Gasteiger partial charge is 0.306 e. The molecule has 0 N–H and O–H groups in total. The molecule has 78 heavy (non-hydrogen) atoms. The number of carbonyl (C=O) groups is 3. The van der Waals surface area contributed by atoms with Gasteiger partial charge in [-0.2, -0.15) is 0 Å². The summed E-state index contributed by atoms with van der Waals surface area (Å²) in [6.45, 7) is 6.64. The van der Waals surface area contributed by atoms with Crippen LogP contribution in [-0.2, 0) is 28.6 Å². The number of allylic oxidation sites excluding steroid dienone is 4. The maximum absolute atomic E-state index is 12.9. The van der Waals surface area contributed by atoms with Gasteiger partial charge in [0.05, 0.1) is 0 Å². The molecule has 0 saturated carbocycles. The van der Waals surface area contributed by atoms with Gasteiger partial charge in [-0.1, -0.05) is 340 Å². The van der Waals surface area contributed by atoms with Crippen LogP contribution in [0, 0.1) is 0 Å². The third-order valence-electron chi connectivity index (χ3n) is 16.2. The minimum absolute atomic E-state index is 0.0727. The molecule has 0 spiro atoms. The SMILES string of the molecule is CCCC/C=C\CCCCCCCC(=O)OCC(COC(=O)CCCCCCCCCCCCCCCCCCCCCCCCCCCCCCCCCCCCC)OC(=O)CCCCCCC/C=C\CCCCCCC. The van der Waals surface area contributed by atoms with Crippen LogP contribution in [0.2, 0.25) is 0 Å². The first kappa shape index (κ1) is 75.9. The Bertz CT molecular complexity index is 1260. The van der Waals surface area contributed by atoms with Crippen molar-refractivity contribution in [1.82, 2.24) is 0 Å². The van der Waals surface area contributed by atoms with Crippen LogP contribution < -0.4 is 0 Å². The van der Waals surface area contributed by atoms with Gasteiger partial charge in [0.15, 0.2) is 6.10 Å². The van der Waals surface area contributed by atoms with Crippen molar-refractivity contribution in [3.8, 4) is 0 Å². The van der Waals surface area contributed by atoms with E-state index in [2.05, 4.69) is 45.1 Å². The lowest BCUT2D eigenvalue weighted by Crippen LogP contribution is -2.30. The Morgan fingerprint density at radius 2 is 0.436 bits per heavy atom. The normalized spacial score (nSPS) is 12.1. The number of rotatable bonds is 66. The van der Waals surface area contributed by atoms with Crippen molar-refractivity contribution in [1.29, 1.82) is 0 Å². The van der Waals surface area contributed by atoms with E-state index in [1.54, 1.807) is 0 Å². The van der Waals surface area contributed by atoms with Gasteiger partial charge < -0.3 is 14.2 Å².